The molecular weight excluding hydrogens is 306 g/mol. The summed E-state index contributed by atoms with van der Waals surface area (Å²) in [4.78, 5) is 1.43. The van der Waals surface area contributed by atoms with Crippen molar-refractivity contribution < 1.29 is 0 Å². The number of halogens is 2. The molecule has 1 N–H and O–H groups in total. The van der Waals surface area contributed by atoms with E-state index in [4.69, 9.17) is 11.6 Å². The Balaban J connectivity index is 1.87. The van der Waals surface area contributed by atoms with Crippen molar-refractivity contribution in [3.05, 3.63) is 19.8 Å². The van der Waals surface area contributed by atoms with E-state index in [1.54, 1.807) is 11.3 Å². The van der Waals surface area contributed by atoms with Crippen LogP contribution >= 0.6 is 38.9 Å². The number of hydrogen-bond donors (Lipinski definition) is 1. The van der Waals surface area contributed by atoms with Crippen LogP contribution in [0.3, 0.4) is 0 Å². The predicted octanol–water partition coefficient (Wildman–Crippen LogP) is 4.66. The summed E-state index contributed by atoms with van der Waals surface area (Å²) in [5.41, 5.74) is 0.223. The van der Waals surface area contributed by atoms with Gasteiger partial charge in [-0.05, 0) is 67.6 Å². The molecule has 0 saturated heterocycles. The molecule has 1 aromatic heterocycles. The molecule has 1 aromatic rings. The van der Waals surface area contributed by atoms with Gasteiger partial charge >= 0.3 is 0 Å². The number of thiophene rings is 1. The van der Waals surface area contributed by atoms with Crippen LogP contribution in [0.4, 0.5) is 0 Å². The lowest BCUT2D eigenvalue weighted by atomic mass is 10.1. The zero-order valence-electron chi connectivity index (χ0n) is 9.81. The molecule has 2 atom stereocenters. The molecule has 0 spiro atoms. The van der Waals surface area contributed by atoms with Gasteiger partial charge in [-0.25, -0.2) is 0 Å². The predicted molar refractivity (Wildman–Crippen MR) is 75.6 cm³/mol. The van der Waals surface area contributed by atoms with E-state index in [1.165, 1.54) is 11.3 Å². The first kappa shape index (κ1) is 12.9. The summed E-state index contributed by atoms with van der Waals surface area (Å²) in [6, 6.07) is 2.18. The van der Waals surface area contributed by atoms with Gasteiger partial charge < -0.3 is 5.32 Å². The Morgan fingerprint density at radius 1 is 1.56 bits per heavy atom. The van der Waals surface area contributed by atoms with Crippen molar-refractivity contribution in [2.24, 2.45) is 5.92 Å². The van der Waals surface area contributed by atoms with Crippen LogP contribution in [0.15, 0.2) is 10.5 Å². The van der Waals surface area contributed by atoms with Crippen LogP contribution in [0.25, 0.3) is 0 Å². The van der Waals surface area contributed by atoms with Crippen molar-refractivity contribution in [2.45, 2.75) is 38.6 Å². The largest absolute Gasteiger partial charge is 0.312 e. The summed E-state index contributed by atoms with van der Waals surface area (Å²) in [7, 11) is 0. The Morgan fingerprint density at radius 3 is 2.75 bits per heavy atom. The quantitative estimate of drug-likeness (QED) is 0.853. The smallest absolute Gasteiger partial charge is 0.107 e. The van der Waals surface area contributed by atoms with Gasteiger partial charge in [0, 0.05) is 14.9 Å². The molecule has 90 valence electrons. The summed E-state index contributed by atoms with van der Waals surface area (Å²) in [5.74, 6) is 1.52. The Labute approximate surface area is 115 Å². The second kappa shape index (κ2) is 4.60. The van der Waals surface area contributed by atoms with Crippen molar-refractivity contribution in [3.8, 4) is 0 Å². The zero-order chi connectivity index (χ0) is 11.9. The first-order valence-corrected chi connectivity index (χ1v) is 7.55. The molecule has 16 heavy (non-hydrogen) atoms. The van der Waals surface area contributed by atoms with Crippen LogP contribution < -0.4 is 5.32 Å². The van der Waals surface area contributed by atoms with Gasteiger partial charge in [-0.2, -0.15) is 0 Å². The van der Waals surface area contributed by atoms with Crippen LogP contribution in [0, 0.1) is 5.92 Å². The van der Waals surface area contributed by atoms with E-state index in [1.807, 2.05) is 0 Å². The first-order valence-electron chi connectivity index (χ1n) is 5.56. The van der Waals surface area contributed by atoms with Gasteiger partial charge in [-0.15, -0.1) is 11.3 Å². The van der Waals surface area contributed by atoms with Crippen LogP contribution in [-0.4, -0.2) is 12.1 Å². The SMILES string of the molecule is CC(C)(C)NCC1CC1c1cc(Br)c(Cl)s1. The molecule has 0 radical (unpaired) electrons. The molecule has 1 aliphatic carbocycles. The maximum absolute atomic E-state index is 6.05. The molecule has 4 heteroatoms. The summed E-state index contributed by atoms with van der Waals surface area (Å²) in [6.07, 6.45) is 1.30. The molecule has 1 aliphatic rings. The van der Waals surface area contributed by atoms with Gasteiger partial charge in [-0.3, -0.25) is 0 Å². The number of nitrogens with one attached hydrogen (secondary N) is 1. The average Bonchev–Trinajstić information content (AvgIpc) is 2.85. The fraction of sp³-hybridized carbons (Fsp3) is 0.667. The molecule has 2 rings (SSSR count). The van der Waals surface area contributed by atoms with Crippen LogP contribution in [0.1, 0.15) is 38.0 Å². The molecular formula is C12H17BrClNS. The Kier molecular flexibility index (Phi) is 3.70. The Hall–Kier alpha value is 0.430. The number of hydrogen-bond acceptors (Lipinski definition) is 2. The molecule has 1 nitrogen and oxygen atoms in total. The van der Waals surface area contributed by atoms with E-state index in [0.29, 0.717) is 0 Å². The normalized spacial score (nSPS) is 24.8. The fourth-order valence-electron chi connectivity index (χ4n) is 1.80. The van der Waals surface area contributed by atoms with Gasteiger partial charge in [0.05, 0.1) is 0 Å². The van der Waals surface area contributed by atoms with E-state index in [2.05, 4.69) is 48.1 Å². The van der Waals surface area contributed by atoms with Gasteiger partial charge in [0.15, 0.2) is 0 Å². The first-order chi connectivity index (χ1) is 7.37. The highest BCUT2D eigenvalue weighted by Crippen LogP contribution is 2.51. The maximum atomic E-state index is 6.05. The third kappa shape index (κ3) is 3.22. The maximum Gasteiger partial charge on any atom is 0.107 e. The van der Waals surface area contributed by atoms with E-state index >= 15 is 0 Å². The number of rotatable bonds is 3. The molecule has 1 heterocycles. The zero-order valence-corrected chi connectivity index (χ0v) is 13.0. The van der Waals surface area contributed by atoms with Crippen molar-refractivity contribution in [1.82, 2.24) is 5.32 Å². The van der Waals surface area contributed by atoms with Crippen LogP contribution in [0.2, 0.25) is 4.34 Å². The molecule has 1 fully saturated rings. The third-order valence-corrected chi connectivity index (χ3v) is 5.45. The summed E-state index contributed by atoms with van der Waals surface area (Å²) >= 11 is 11.2. The van der Waals surface area contributed by atoms with E-state index in [-0.39, 0.29) is 5.54 Å². The van der Waals surface area contributed by atoms with E-state index < -0.39 is 0 Å². The second-order valence-electron chi connectivity index (χ2n) is 5.50. The van der Waals surface area contributed by atoms with E-state index in [9.17, 15) is 0 Å². The monoisotopic (exact) mass is 321 g/mol. The molecule has 0 bridgehead atoms. The average molecular weight is 323 g/mol. The van der Waals surface area contributed by atoms with Crippen molar-refractivity contribution in [2.75, 3.05) is 6.54 Å². The minimum atomic E-state index is 0.223. The van der Waals surface area contributed by atoms with Crippen LogP contribution in [-0.2, 0) is 0 Å². The Morgan fingerprint density at radius 2 is 2.25 bits per heavy atom. The minimum Gasteiger partial charge on any atom is -0.312 e. The highest BCUT2D eigenvalue weighted by molar-refractivity contribution is 9.10. The standard InChI is InChI=1S/C12H17BrClNS/c1-12(2,3)15-6-7-4-8(7)10-5-9(13)11(14)16-10/h5,7-8,15H,4,6H2,1-3H3. The molecule has 0 aromatic carbocycles. The summed E-state index contributed by atoms with van der Waals surface area (Å²) in [5, 5.41) is 3.56. The van der Waals surface area contributed by atoms with Gasteiger partial charge in [-0.1, -0.05) is 11.6 Å². The lowest BCUT2D eigenvalue weighted by molar-refractivity contribution is 0.414. The van der Waals surface area contributed by atoms with Gasteiger partial charge in [0.2, 0.25) is 0 Å². The van der Waals surface area contributed by atoms with E-state index in [0.717, 1.165) is 27.2 Å². The highest BCUT2D eigenvalue weighted by Gasteiger charge is 2.39. The van der Waals surface area contributed by atoms with Crippen molar-refractivity contribution in [3.63, 3.8) is 0 Å². The fourth-order valence-corrected chi connectivity index (χ4v) is 3.75. The lowest BCUT2D eigenvalue weighted by Gasteiger charge is -2.20. The summed E-state index contributed by atoms with van der Waals surface area (Å²) in [6.45, 7) is 7.75. The topological polar surface area (TPSA) is 12.0 Å². The molecule has 0 aliphatic heterocycles. The minimum absolute atomic E-state index is 0.223. The molecule has 2 unspecified atom stereocenters. The van der Waals surface area contributed by atoms with Crippen LogP contribution in [0.5, 0.6) is 0 Å². The Bertz CT molecular complexity index is 363. The second-order valence-corrected chi connectivity index (χ2v) is 8.04. The molecule has 0 amide bonds. The lowest BCUT2D eigenvalue weighted by Crippen LogP contribution is -2.37. The highest BCUT2D eigenvalue weighted by atomic mass is 79.9. The van der Waals surface area contributed by atoms with Crippen molar-refractivity contribution >= 4 is 38.9 Å². The van der Waals surface area contributed by atoms with Gasteiger partial charge in [0.25, 0.3) is 0 Å². The van der Waals surface area contributed by atoms with Crippen molar-refractivity contribution in [1.29, 1.82) is 0 Å². The molecule has 1 saturated carbocycles. The summed E-state index contributed by atoms with van der Waals surface area (Å²) < 4.78 is 1.92. The third-order valence-electron chi connectivity index (χ3n) is 2.85. The van der Waals surface area contributed by atoms with Gasteiger partial charge in [0.1, 0.15) is 4.34 Å².